The number of nitriles is 1. The number of aryl methyl sites for hydroxylation is 2. The van der Waals surface area contributed by atoms with E-state index in [0.29, 0.717) is 27.0 Å². The van der Waals surface area contributed by atoms with Crippen molar-refractivity contribution in [3.8, 4) is 6.07 Å². The number of aromatic amines is 1. The summed E-state index contributed by atoms with van der Waals surface area (Å²) in [6, 6.07) is 11.4. The smallest absolute Gasteiger partial charge is 0.149 e. The van der Waals surface area contributed by atoms with Gasteiger partial charge in [0.05, 0.1) is 16.6 Å². The first-order chi connectivity index (χ1) is 11.0. The van der Waals surface area contributed by atoms with Gasteiger partial charge in [-0.25, -0.2) is 4.98 Å². The molecule has 0 spiro atoms. The van der Waals surface area contributed by atoms with Crippen molar-refractivity contribution in [3.63, 3.8) is 0 Å². The summed E-state index contributed by atoms with van der Waals surface area (Å²) in [6.45, 7) is 4.08. The molecule has 114 valence electrons. The Hall–Kier alpha value is -2.28. The molecule has 5 heteroatoms. The molecular formula is C18H13Cl2N3. The van der Waals surface area contributed by atoms with E-state index in [2.05, 4.69) is 16.0 Å². The van der Waals surface area contributed by atoms with E-state index in [0.717, 1.165) is 16.6 Å². The van der Waals surface area contributed by atoms with Gasteiger partial charge in [0.15, 0.2) is 0 Å². The van der Waals surface area contributed by atoms with E-state index in [1.54, 1.807) is 24.3 Å². The number of H-pyrrole nitrogens is 1. The van der Waals surface area contributed by atoms with Gasteiger partial charge in [-0.1, -0.05) is 29.3 Å². The van der Waals surface area contributed by atoms with Crippen LogP contribution in [0.3, 0.4) is 0 Å². The van der Waals surface area contributed by atoms with Gasteiger partial charge >= 0.3 is 0 Å². The third kappa shape index (κ3) is 2.96. The number of aromatic nitrogens is 2. The van der Waals surface area contributed by atoms with E-state index >= 15 is 0 Å². The van der Waals surface area contributed by atoms with E-state index in [1.807, 2.05) is 26.0 Å². The van der Waals surface area contributed by atoms with Crippen LogP contribution in [0.5, 0.6) is 0 Å². The Morgan fingerprint density at radius 3 is 2.48 bits per heavy atom. The van der Waals surface area contributed by atoms with E-state index in [1.165, 1.54) is 5.56 Å². The molecule has 3 rings (SSSR count). The molecule has 1 aromatic heterocycles. The predicted octanol–water partition coefficient (Wildman–Crippen LogP) is 5.55. The predicted molar refractivity (Wildman–Crippen MR) is 95.5 cm³/mol. The van der Waals surface area contributed by atoms with Crippen molar-refractivity contribution in [2.24, 2.45) is 0 Å². The number of benzene rings is 2. The third-order valence-electron chi connectivity index (χ3n) is 3.76. The van der Waals surface area contributed by atoms with Crippen LogP contribution in [0.25, 0.3) is 22.7 Å². The largest absolute Gasteiger partial charge is 0.337 e. The quantitative estimate of drug-likeness (QED) is 0.621. The van der Waals surface area contributed by atoms with Crippen LogP contribution in [0, 0.1) is 25.2 Å². The summed E-state index contributed by atoms with van der Waals surface area (Å²) in [7, 11) is 0. The van der Waals surface area contributed by atoms with Crippen LogP contribution in [0.15, 0.2) is 30.3 Å². The fourth-order valence-corrected chi connectivity index (χ4v) is 2.85. The number of halogens is 2. The SMILES string of the molecule is Cc1cc2nc(/C(C#N)=C\c3c(Cl)cccc3Cl)[nH]c2cc1C. The van der Waals surface area contributed by atoms with Crippen LogP contribution in [-0.4, -0.2) is 9.97 Å². The standard InChI is InChI=1S/C18H13Cl2N3/c1-10-6-16-17(7-11(10)2)23-18(22-16)12(9-21)8-13-14(19)4-3-5-15(13)20/h3-8H,1-2H3,(H,22,23)/b12-8-. The van der Waals surface area contributed by atoms with Crippen molar-refractivity contribution < 1.29 is 0 Å². The van der Waals surface area contributed by atoms with E-state index in [4.69, 9.17) is 23.2 Å². The van der Waals surface area contributed by atoms with Gasteiger partial charge in [0.25, 0.3) is 0 Å². The minimum atomic E-state index is 0.381. The molecule has 1 N–H and O–H groups in total. The maximum absolute atomic E-state index is 9.49. The number of nitrogens with zero attached hydrogens (tertiary/aromatic N) is 2. The minimum absolute atomic E-state index is 0.381. The molecule has 0 aliphatic rings. The number of fused-ring (bicyclic) bond motifs is 1. The zero-order valence-electron chi connectivity index (χ0n) is 12.6. The average Bonchev–Trinajstić information content (AvgIpc) is 2.90. The molecule has 0 saturated carbocycles. The van der Waals surface area contributed by atoms with Crippen LogP contribution in [0.2, 0.25) is 10.0 Å². The molecule has 0 aliphatic heterocycles. The van der Waals surface area contributed by atoms with Crippen LogP contribution in [0.1, 0.15) is 22.5 Å². The first-order valence-corrected chi connectivity index (χ1v) is 7.78. The van der Waals surface area contributed by atoms with Gasteiger partial charge in [0.2, 0.25) is 0 Å². The molecule has 0 aliphatic carbocycles. The van der Waals surface area contributed by atoms with Crippen LogP contribution < -0.4 is 0 Å². The number of rotatable bonds is 2. The van der Waals surface area contributed by atoms with Crippen molar-refractivity contribution in [3.05, 3.63) is 62.9 Å². The molecule has 3 nitrogen and oxygen atoms in total. The average molecular weight is 342 g/mol. The summed E-state index contributed by atoms with van der Waals surface area (Å²) >= 11 is 12.3. The molecule has 0 atom stereocenters. The van der Waals surface area contributed by atoms with Gasteiger partial charge in [0, 0.05) is 15.6 Å². The Morgan fingerprint density at radius 2 is 1.83 bits per heavy atom. The van der Waals surface area contributed by atoms with Crippen LogP contribution in [0.4, 0.5) is 0 Å². The molecule has 2 aromatic carbocycles. The molecule has 0 fully saturated rings. The van der Waals surface area contributed by atoms with Crippen molar-refractivity contribution in [1.82, 2.24) is 9.97 Å². The molecule has 1 heterocycles. The monoisotopic (exact) mass is 341 g/mol. The Morgan fingerprint density at radius 1 is 1.17 bits per heavy atom. The van der Waals surface area contributed by atoms with Gasteiger partial charge in [-0.3, -0.25) is 0 Å². The summed E-state index contributed by atoms with van der Waals surface area (Å²) in [5.41, 5.74) is 5.05. The summed E-state index contributed by atoms with van der Waals surface area (Å²) < 4.78 is 0. The van der Waals surface area contributed by atoms with E-state index in [9.17, 15) is 5.26 Å². The zero-order chi connectivity index (χ0) is 16.6. The fraction of sp³-hybridized carbons (Fsp3) is 0.111. The molecule has 0 bridgehead atoms. The van der Waals surface area contributed by atoms with Crippen molar-refractivity contribution >= 4 is 45.9 Å². The van der Waals surface area contributed by atoms with Gasteiger partial charge in [-0.15, -0.1) is 0 Å². The fourth-order valence-electron chi connectivity index (χ4n) is 2.34. The number of imidazole rings is 1. The second-order valence-corrected chi connectivity index (χ2v) is 6.16. The normalized spacial score (nSPS) is 11.7. The Bertz CT molecular complexity index is 919. The number of allylic oxidation sites excluding steroid dienone is 1. The molecule has 23 heavy (non-hydrogen) atoms. The van der Waals surface area contributed by atoms with Gasteiger partial charge in [-0.2, -0.15) is 5.26 Å². The van der Waals surface area contributed by atoms with Gasteiger partial charge in [0.1, 0.15) is 11.9 Å². The topological polar surface area (TPSA) is 52.5 Å². The van der Waals surface area contributed by atoms with Crippen LogP contribution in [-0.2, 0) is 0 Å². The highest BCUT2D eigenvalue weighted by Crippen LogP contribution is 2.29. The minimum Gasteiger partial charge on any atom is -0.337 e. The Kier molecular flexibility index (Phi) is 4.12. The van der Waals surface area contributed by atoms with Crippen LogP contribution >= 0.6 is 23.2 Å². The molecule has 0 saturated heterocycles. The van der Waals surface area contributed by atoms with E-state index in [-0.39, 0.29) is 0 Å². The number of hydrogen-bond acceptors (Lipinski definition) is 2. The van der Waals surface area contributed by atoms with Gasteiger partial charge in [-0.05, 0) is 55.3 Å². The van der Waals surface area contributed by atoms with E-state index < -0.39 is 0 Å². The zero-order valence-corrected chi connectivity index (χ0v) is 14.1. The summed E-state index contributed by atoms with van der Waals surface area (Å²) in [6.07, 6.45) is 1.65. The molecule has 0 unspecified atom stereocenters. The maximum atomic E-state index is 9.49. The lowest BCUT2D eigenvalue weighted by Gasteiger charge is -2.01. The highest BCUT2D eigenvalue weighted by Gasteiger charge is 2.11. The summed E-state index contributed by atoms with van der Waals surface area (Å²) in [5, 5.41) is 10.5. The van der Waals surface area contributed by atoms with Crippen molar-refractivity contribution in [2.45, 2.75) is 13.8 Å². The lowest BCUT2D eigenvalue weighted by molar-refractivity contribution is 1.27. The second-order valence-electron chi connectivity index (χ2n) is 5.34. The maximum Gasteiger partial charge on any atom is 0.149 e. The van der Waals surface area contributed by atoms with Crippen molar-refractivity contribution in [1.29, 1.82) is 5.26 Å². The van der Waals surface area contributed by atoms with Crippen molar-refractivity contribution in [2.75, 3.05) is 0 Å². The highest BCUT2D eigenvalue weighted by molar-refractivity contribution is 6.37. The molecular weight excluding hydrogens is 329 g/mol. The lowest BCUT2D eigenvalue weighted by Crippen LogP contribution is -1.86. The summed E-state index contributed by atoms with van der Waals surface area (Å²) in [5.74, 6) is 0.503. The van der Waals surface area contributed by atoms with Gasteiger partial charge < -0.3 is 4.98 Å². The molecule has 0 amide bonds. The molecule has 0 radical (unpaired) electrons. The molecule has 3 aromatic rings. The summed E-state index contributed by atoms with van der Waals surface area (Å²) in [4.78, 5) is 7.69. The second kappa shape index (κ2) is 6.08. The highest BCUT2D eigenvalue weighted by atomic mass is 35.5. The lowest BCUT2D eigenvalue weighted by atomic mass is 10.1. The first kappa shape index (κ1) is 15.6. The number of nitrogens with one attached hydrogen (secondary N) is 1. The third-order valence-corrected chi connectivity index (χ3v) is 4.42. The first-order valence-electron chi connectivity index (χ1n) is 7.02. The Labute approximate surface area is 144 Å². The Balaban J connectivity index is 2.15. The number of hydrogen-bond donors (Lipinski definition) is 1.